The molecule has 2 aromatic rings. The molecule has 1 fully saturated rings. The molecule has 1 saturated heterocycles. The third kappa shape index (κ3) is 21.3. The van der Waals surface area contributed by atoms with Crippen LogP contribution >= 0.6 is 0 Å². The lowest BCUT2D eigenvalue weighted by Crippen LogP contribution is -2.60. The molecule has 4 amide bonds. The number of carbonyl (C=O) groups is 5. The normalized spacial score (nSPS) is 16.9. The molecule has 1 aliphatic rings. The maximum atomic E-state index is 14.7. The molecule has 81 heavy (non-hydrogen) atoms. The molecule has 0 spiro atoms. The summed E-state index contributed by atoms with van der Waals surface area (Å²) in [7, 11) is 6.58. The number of aromatic hydroxyl groups is 2. The molecule has 3 rings (SSSR count). The fourth-order valence-electron chi connectivity index (χ4n) is 10.1. The van der Waals surface area contributed by atoms with Crippen molar-refractivity contribution in [1.82, 2.24) is 30.1 Å². The standard InChI is InChI=1S/C59H94N8O14/c1-14-21-43(16-3)55(60)80-56(61)44(36-42-22-18-17-19-23-42)62-57(72)41(9)54(76-13)45-24-20-28-66(45)49(70)37-46(75-12)53(40(8)15-2)65(11)59(74)51(38(4)5)63-58(73)52(39(6)7)64(10)29-31-78-33-35-79-34-32-77-30-27-50(71)81-67-47(68)25-26-48(67)69/h14,16-19,21-23,25-26,38-41,44-46,51-54,60-61,68-69H,15,20,24,27-37H2,1-13H3,(H,62,72)(H,63,73). The number of allylic oxidation sites excluding steroid dienone is 2. The van der Waals surface area contributed by atoms with Crippen LogP contribution < -0.4 is 15.5 Å². The van der Waals surface area contributed by atoms with Crippen LogP contribution in [0.1, 0.15) is 100.0 Å². The maximum Gasteiger partial charge on any atom is 0.335 e. The van der Waals surface area contributed by atoms with E-state index >= 15 is 0 Å². The van der Waals surface area contributed by atoms with E-state index in [-0.39, 0.29) is 93.0 Å². The van der Waals surface area contributed by atoms with Gasteiger partial charge in [-0.2, -0.15) is 0 Å². The molecule has 9 unspecified atom stereocenters. The summed E-state index contributed by atoms with van der Waals surface area (Å²) in [5, 5.41) is 42.7. The summed E-state index contributed by atoms with van der Waals surface area (Å²) in [6, 6.07) is 8.35. The number of rotatable bonds is 36. The lowest BCUT2D eigenvalue weighted by Gasteiger charge is -2.41. The highest BCUT2D eigenvalue weighted by molar-refractivity contribution is 6.02. The lowest BCUT2D eigenvalue weighted by atomic mass is 9.89. The Morgan fingerprint density at radius 3 is 1.99 bits per heavy atom. The van der Waals surface area contributed by atoms with Crippen LogP contribution in [0.2, 0.25) is 0 Å². The number of methoxy groups -OCH3 is 2. The Morgan fingerprint density at radius 1 is 0.815 bits per heavy atom. The topological polar surface area (TPSA) is 277 Å². The summed E-state index contributed by atoms with van der Waals surface area (Å²) in [5.41, 5.74) is 1.34. The van der Waals surface area contributed by atoms with Crippen LogP contribution in [0.3, 0.4) is 0 Å². The van der Waals surface area contributed by atoms with Crippen molar-refractivity contribution >= 4 is 41.4 Å². The van der Waals surface area contributed by atoms with E-state index in [1.807, 2.05) is 90.7 Å². The molecule has 0 bridgehead atoms. The molecule has 1 aliphatic heterocycles. The van der Waals surface area contributed by atoms with Crippen LogP contribution in [-0.2, 0) is 58.8 Å². The summed E-state index contributed by atoms with van der Waals surface area (Å²) >= 11 is 0. The van der Waals surface area contributed by atoms with Gasteiger partial charge in [0.1, 0.15) is 12.1 Å². The number of hydrogen-bond acceptors (Lipinski definition) is 17. The van der Waals surface area contributed by atoms with Gasteiger partial charge in [0, 0.05) is 58.5 Å². The Morgan fingerprint density at radius 2 is 1.43 bits per heavy atom. The minimum atomic E-state index is -0.913. The van der Waals surface area contributed by atoms with E-state index in [4.69, 9.17) is 44.1 Å². The number of likely N-dealkylation sites (tertiary alicyclic amines) is 1. The van der Waals surface area contributed by atoms with Crippen LogP contribution in [0.25, 0.3) is 0 Å². The molecule has 22 nitrogen and oxygen atoms in total. The minimum absolute atomic E-state index is 0.0509. The van der Waals surface area contributed by atoms with Gasteiger partial charge in [-0.25, -0.2) is 4.79 Å². The number of benzene rings is 1. The van der Waals surface area contributed by atoms with Gasteiger partial charge in [-0.1, -0.05) is 103 Å². The zero-order valence-electron chi connectivity index (χ0n) is 50.1. The highest BCUT2D eigenvalue weighted by Gasteiger charge is 2.44. The first-order chi connectivity index (χ1) is 38.6. The van der Waals surface area contributed by atoms with Gasteiger partial charge in [0.05, 0.1) is 88.7 Å². The van der Waals surface area contributed by atoms with Crippen LogP contribution in [0.15, 0.2) is 66.3 Å². The quantitative estimate of drug-likeness (QED) is 0.0212. The third-order valence-corrected chi connectivity index (χ3v) is 14.7. The second kappa shape index (κ2) is 35.6. The summed E-state index contributed by atoms with van der Waals surface area (Å²) in [6.45, 7) is 19.3. The molecule has 2 heterocycles. The Kier molecular flexibility index (Phi) is 30.4. The van der Waals surface area contributed by atoms with E-state index in [1.165, 1.54) is 26.4 Å². The van der Waals surface area contributed by atoms with Crippen molar-refractivity contribution in [1.29, 1.82) is 10.8 Å². The van der Waals surface area contributed by atoms with Crippen molar-refractivity contribution in [3.05, 3.63) is 71.8 Å². The predicted molar refractivity (Wildman–Crippen MR) is 308 cm³/mol. The fourth-order valence-corrected chi connectivity index (χ4v) is 10.1. The fraction of sp³-hybridized carbons (Fsp3) is 0.644. The number of nitrogens with zero attached hydrogens (tertiary/aromatic N) is 4. The molecule has 22 heteroatoms. The first-order valence-corrected chi connectivity index (χ1v) is 28.2. The number of likely N-dealkylation sites (N-methyl/N-ethyl adjacent to an activating group) is 2. The number of aromatic nitrogens is 1. The Balaban J connectivity index is 1.62. The molecule has 6 N–H and O–H groups in total. The molecule has 0 saturated carbocycles. The highest BCUT2D eigenvalue weighted by atomic mass is 16.7. The molecule has 1 aromatic heterocycles. The van der Waals surface area contributed by atoms with Crippen molar-refractivity contribution < 1.29 is 67.4 Å². The second-order valence-electron chi connectivity index (χ2n) is 21.2. The Bertz CT molecular complexity index is 2340. The van der Waals surface area contributed by atoms with Gasteiger partial charge in [-0.3, -0.25) is 34.9 Å². The number of amides is 4. The summed E-state index contributed by atoms with van der Waals surface area (Å²) < 4.78 is 35.3. The molecular formula is C59H94N8O14. The van der Waals surface area contributed by atoms with E-state index in [1.54, 1.807) is 48.9 Å². The van der Waals surface area contributed by atoms with Crippen molar-refractivity contribution in [2.75, 3.05) is 81.0 Å². The molecule has 454 valence electrons. The van der Waals surface area contributed by atoms with Gasteiger partial charge in [-0.15, -0.1) is 4.73 Å². The average molecular weight is 1140 g/mol. The van der Waals surface area contributed by atoms with Crippen LogP contribution in [0.4, 0.5) is 0 Å². The number of hydrogen-bond donors (Lipinski definition) is 6. The zero-order valence-corrected chi connectivity index (χ0v) is 50.1. The first-order valence-electron chi connectivity index (χ1n) is 28.2. The van der Waals surface area contributed by atoms with Gasteiger partial charge in [0.25, 0.3) is 0 Å². The molecule has 0 aliphatic carbocycles. The Labute approximate surface area is 479 Å². The van der Waals surface area contributed by atoms with Crippen LogP contribution in [0, 0.1) is 34.5 Å². The largest absolute Gasteiger partial charge is 0.492 e. The van der Waals surface area contributed by atoms with Crippen molar-refractivity contribution in [2.24, 2.45) is 23.7 Å². The van der Waals surface area contributed by atoms with Gasteiger partial charge in [0.2, 0.25) is 47.2 Å². The van der Waals surface area contributed by atoms with Gasteiger partial charge in [-0.05, 0) is 57.1 Å². The van der Waals surface area contributed by atoms with Crippen LogP contribution in [-0.4, -0.2) is 194 Å². The van der Waals surface area contributed by atoms with Gasteiger partial charge < -0.3 is 63.9 Å². The summed E-state index contributed by atoms with van der Waals surface area (Å²) in [4.78, 5) is 79.8. The monoisotopic (exact) mass is 1140 g/mol. The first kappa shape index (κ1) is 69.1. The van der Waals surface area contributed by atoms with E-state index in [0.717, 1.165) is 5.56 Å². The highest BCUT2D eigenvalue weighted by Crippen LogP contribution is 2.30. The SMILES string of the molecule is CC=CC(=CC)C(=N)OC(=N)C(Cc1ccccc1)NC(=O)C(C)C(OC)C1CCCN1C(=O)CC(OC)C(C(C)CC)N(C)C(=O)C(NC(=O)C(C(C)C)N(C)CCOCCOCCOCCC(=O)On1c(O)ccc1O)C(C)C. The van der Waals surface area contributed by atoms with Crippen molar-refractivity contribution in [3.63, 3.8) is 0 Å². The van der Waals surface area contributed by atoms with Gasteiger partial charge >= 0.3 is 5.97 Å². The van der Waals surface area contributed by atoms with E-state index < -0.39 is 72.0 Å². The van der Waals surface area contributed by atoms with Crippen LogP contribution in [0.5, 0.6) is 11.8 Å². The van der Waals surface area contributed by atoms with Crippen molar-refractivity contribution in [3.8, 4) is 11.8 Å². The van der Waals surface area contributed by atoms with Crippen molar-refractivity contribution in [2.45, 2.75) is 143 Å². The summed E-state index contributed by atoms with van der Waals surface area (Å²) in [6.07, 6.45) is 5.74. The number of ether oxygens (including phenoxy) is 6. The van der Waals surface area contributed by atoms with E-state index in [0.29, 0.717) is 55.9 Å². The number of nitrogens with one attached hydrogen (secondary N) is 4. The molecular weight excluding hydrogens is 1040 g/mol. The average Bonchev–Trinajstić information content (AvgIpc) is 4.13. The third-order valence-electron chi connectivity index (χ3n) is 14.7. The molecule has 1 aromatic carbocycles. The van der Waals surface area contributed by atoms with E-state index in [2.05, 4.69) is 10.6 Å². The van der Waals surface area contributed by atoms with Gasteiger partial charge in [0.15, 0.2) is 0 Å². The molecule has 0 radical (unpaired) electrons. The maximum absolute atomic E-state index is 14.7. The lowest BCUT2D eigenvalue weighted by molar-refractivity contribution is -0.148. The minimum Gasteiger partial charge on any atom is -0.492 e. The Hall–Kier alpha value is -6.17. The predicted octanol–water partition coefficient (Wildman–Crippen LogP) is 5.53. The number of carbonyl (C=O) groups excluding carboxylic acids is 5. The molecule has 9 atom stereocenters. The van der Waals surface area contributed by atoms with E-state index in [9.17, 15) is 34.2 Å². The second-order valence-corrected chi connectivity index (χ2v) is 21.2. The smallest absolute Gasteiger partial charge is 0.335 e. The zero-order chi connectivity index (χ0) is 60.3. The summed E-state index contributed by atoms with van der Waals surface area (Å²) in [5.74, 6) is -4.57.